The first-order chi connectivity index (χ1) is 13.2. The van der Waals surface area contributed by atoms with Crippen LogP contribution >= 0.6 is 0 Å². The highest BCUT2D eigenvalue weighted by atomic mass is 16.2. The van der Waals surface area contributed by atoms with Gasteiger partial charge in [-0.25, -0.2) is 0 Å². The second kappa shape index (κ2) is 10.5. The van der Waals surface area contributed by atoms with Crippen LogP contribution in [0.2, 0.25) is 0 Å². The normalized spacial score (nSPS) is 21.0. The van der Waals surface area contributed by atoms with Gasteiger partial charge in [0.05, 0.1) is 6.42 Å². The Bertz CT molecular complexity index is 597. The van der Waals surface area contributed by atoms with Gasteiger partial charge >= 0.3 is 0 Å². The van der Waals surface area contributed by atoms with Crippen molar-refractivity contribution >= 4 is 11.8 Å². The number of amides is 2. The molecule has 2 amide bonds. The van der Waals surface area contributed by atoms with Gasteiger partial charge in [-0.2, -0.15) is 0 Å². The second-order valence-corrected chi connectivity index (χ2v) is 7.84. The van der Waals surface area contributed by atoms with Gasteiger partial charge in [0.25, 0.3) is 0 Å². The third-order valence-electron chi connectivity index (χ3n) is 5.79. The molecule has 1 aliphatic heterocycles. The fraction of sp³-hybridized carbons (Fsp3) is 0.636. The first-order valence-corrected chi connectivity index (χ1v) is 10.6. The molecule has 0 bridgehead atoms. The van der Waals surface area contributed by atoms with Crippen molar-refractivity contribution in [3.05, 3.63) is 35.9 Å². The number of hydrogen-bond acceptors (Lipinski definition) is 3. The fourth-order valence-corrected chi connectivity index (χ4v) is 4.27. The van der Waals surface area contributed by atoms with E-state index in [1.807, 2.05) is 30.3 Å². The lowest BCUT2D eigenvalue weighted by Gasteiger charge is -2.24. The van der Waals surface area contributed by atoms with Crippen molar-refractivity contribution in [3.63, 3.8) is 0 Å². The van der Waals surface area contributed by atoms with E-state index < -0.39 is 0 Å². The Hall–Kier alpha value is -1.88. The SMILES string of the molecule is O=C(NCCNC1CCCCCC1)C1CCCN1C(=O)Cc1ccccc1. The lowest BCUT2D eigenvalue weighted by Crippen LogP contribution is -2.48. The van der Waals surface area contributed by atoms with E-state index in [2.05, 4.69) is 10.6 Å². The van der Waals surface area contributed by atoms with Crippen LogP contribution in [-0.2, 0) is 16.0 Å². The van der Waals surface area contributed by atoms with E-state index in [9.17, 15) is 9.59 Å². The molecule has 1 unspecified atom stereocenters. The molecule has 1 atom stereocenters. The molecule has 5 heteroatoms. The Morgan fingerprint density at radius 3 is 2.41 bits per heavy atom. The number of nitrogens with zero attached hydrogens (tertiary/aromatic N) is 1. The monoisotopic (exact) mass is 371 g/mol. The van der Waals surface area contributed by atoms with Crippen LogP contribution < -0.4 is 10.6 Å². The molecule has 5 nitrogen and oxygen atoms in total. The minimum absolute atomic E-state index is 0.00317. The Balaban J connectivity index is 1.41. The van der Waals surface area contributed by atoms with Gasteiger partial charge in [0.15, 0.2) is 0 Å². The van der Waals surface area contributed by atoms with Crippen LogP contribution in [-0.4, -0.2) is 48.4 Å². The van der Waals surface area contributed by atoms with Gasteiger partial charge in [-0.3, -0.25) is 9.59 Å². The van der Waals surface area contributed by atoms with E-state index in [1.165, 1.54) is 38.5 Å². The van der Waals surface area contributed by atoms with Crippen LogP contribution in [0.15, 0.2) is 30.3 Å². The molecule has 0 aromatic heterocycles. The lowest BCUT2D eigenvalue weighted by molar-refractivity contribution is -0.137. The zero-order chi connectivity index (χ0) is 18.9. The summed E-state index contributed by atoms with van der Waals surface area (Å²) in [6.45, 7) is 2.12. The Labute approximate surface area is 162 Å². The first kappa shape index (κ1) is 19.9. The molecule has 1 saturated carbocycles. The number of benzene rings is 1. The molecule has 1 heterocycles. The zero-order valence-corrected chi connectivity index (χ0v) is 16.3. The maximum absolute atomic E-state index is 12.6. The van der Waals surface area contributed by atoms with Gasteiger partial charge in [0.2, 0.25) is 11.8 Å². The van der Waals surface area contributed by atoms with E-state index in [0.29, 0.717) is 25.6 Å². The van der Waals surface area contributed by atoms with Crippen LogP contribution in [0.5, 0.6) is 0 Å². The Kier molecular flexibility index (Phi) is 7.69. The quantitative estimate of drug-likeness (QED) is 0.572. The van der Waals surface area contributed by atoms with Crippen molar-refractivity contribution in [2.24, 2.45) is 0 Å². The van der Waals surface area contributed by atoms with Crippen LogP contribution in [0.4, 0.5) is 0 Å². The first-order valence-electron chi connectivity index (χ1n) is 10.6. The molecule has 1 saturated heterocycles. The lowest BCUT2D eigenvalue weighted by atomic mass is 10.1. The number of likely N-dealkylation sites (tertiary alicyclic amines) is 1. The van der Waals surface area contributed by atoms with Crippen LogP contribution in [0.1, 0.15) is 56.9 Å². The smallest absolute Gasteiger partial charge is 0.242 e. The van der Waals surface area contributed by atoms with Gasteiger partial charge in [-0.05, 0) is 31.2 Å². The van der Waals surface area contributed by atoms with E-state index in [-0.39, 0.29) is 17.9 Å². The fourth-order valence-electron chi connectivity index (χ4n) is 4.27. The van der Waals surface area contributed by atoms with Crippen LogP contribution in [0.25, 0.3) is 0 Å². The van der Waals surface area contributed by atoms with E-state index >= 15 is 0 Å². The van der Waals surface area contributed by atoms with Gasteiger partial charge in [-0.15, -0.1) is 0 Å². The van der Waals surface area contributed by atoms with Crippen molar-refractivity contribution in [1.82, 2.24) is 15.5 Å². The van der Waals surface area contributed by atoms with E-state index in [1.54, 1.807) is 4.90 Å². The molecule has 2 aliphatic rings. The molecular formula is C22H33N3O2. The van der Waals surface area contributed by atoms with Gasteiger partial charge in [-0.1, -0.05) is 56.0 Å². The molecule has 2 N–H and O–H groups in total. The minimum atomic E-state index is -0.306. The third-order valence-corrected chi connectivity index (χ3v) is 5.79. The average molecular weight is 372 g/mol. The molecular weight excluding hydrogens is 338 g/mol. The highest BCUT2D eigenvalue weighted by molar-refractivity contribution is 5.89. The highest BCUT2D eigenvalue weighted by Crippen LogP contribution is 2.19. The van der Waals surface area contributed by atoms with Crippen molar-refractivity contribution in [2.45, 2.75) is 69.9 Å². The summed E-state index contributed by atoms with van der Waals surface area (Å²) >= 11 is 0. The molecule has 3 rings (SSSR count). The summed E-state index contributed by atoms with van der Waals surface area (Å²) in [5.74, 6) is 0.0482. The number of carbonyl (C=O) groups excluding carboxylic acids is 2. The van der Waals surface area contributed by atoms with Crippen molar-refractivity contribution in [1.29, 1.82) is 0 Å². The predicted octanol–water partition coefficient (Wildman–Crippen LogP) is 2.65. The van der Waals surface area contributed by atoms with E-state index in [0.717, 1.165) is 24.9 Å². The summed E-state index contributed by atoms with van der Waals surface area (Å²) in [6.07, 6.45) is 9.86. The van der Waals surface area contributed by atoms with Gasteiger partial charge in [0, 0.05) is 25.7 Å². The number of carbonyl (C=O) groups is 2. The molecule has 1 aliphatic carbocycles. The maximum Gasteiger partial charge on any atom is 0.242 e. The van der Waals surface area contributed by atoms with Crippen LogP contribution in [0.3, 0.4) is 0 Å². The zero-order valence-electron chi connectivity index (χ0n) is 16.3. The number of nitrogens with one attached hydrogen (secondary N) is 2. The highest BCUT2D eigenvalue weighted by Gasteiger charge is 2.33. The minimum Gasteiger partial charge on any atom is -0.353 e. The molecule has 148 valence electrons. The summed E-state index contributed by atoms with van der Waals surface area (Å²) in [5, 5.41) is 6.61. The summed E-state index contributed by atoms with van der Waals surface area (Å²) in [6, 6.07) is 10.0. The maximum atomic E-state index is 12.6. The number of rotatable bonds is 7. The summed E-state index contributed by atoms with van der Waals surface area (Å²) in [4.78, 5) is 27.0. The van der Waals surface area contributed by atoms with Crippen molar-refractivity contribution in [2.75, 3.05) is 19.6 Å². The molecule has 0 radical (unpaired) electrons. The van der Waals surface area contributed by atoms with Crippen LogP contribution in [0, 0.1) is 0 Å². The summed E-state index contributed by atoms with van der Waals surface area (Å²) in [5.41, 5.74) is 1.00. The summed E-state index contributed by atoms with van der Waals surface area (Å²) in [7, 11) is 0. The Morgan fingerprint density at radius 1 is 0.926 bits per heavy atom. The molecule has 1 aromatic rings. The second-order valence-electron chi connectivity index (χ2n) is 7.84. The van der Waals surface area contributed by atoms with Crippen molar-refractivity contribution in [3.8, 4) is 0 Å². The molecule has 2 fully saturated rings. The van der Waals surface area contributed by atoms with Gasteiger partial charge < -0.3 is 15.5 Å². The average Bonchev–Trinajstić information content (AvgIpc) is 3.04. The van der Waals surface area contributed by atoms with E-state index in [4.69, 9.17) is 0 Å². The van der Waals surface area contributed by atoms with Crippen molar-refractivity contribution < 1.29 is 9.59 Å². The predicted molar refractivity (Wildman–Crippen MR) is 107 cm³/mol. The van der Waals surface area contributed by atoms with Gasteiger partial charge in [0.1, 0.15) is 6.04 Å². The molecule has 27 heavy (non-hydrogen) atoms. The standard InChI is InChI=1S/C22H33N3O2/c26-21(17-18-9-4-3-5-10-18)25-16-8-13-20(25)22(27)24-15-14-23-19-11-6-1-2-7-12-19/h3-5,9-10,19-20,23H,1-2,6-8,11-17H2,(H,24,27). The Morgan fingerprint density at radius 2 is 1.67 bits per heavy atom. The summed E-state index contributed by atoms with van der Waals surface area (Å²) < 4.78 is 0. The number of hydrogen-bond donors (Lipinski definition) is 2. The topological polar surface area (TPSA) is 61.4 Å². The largest absolute Gasteiger partial charge is 0.353 e. The third kappa shape index (κ3) is 6.06. The molecule has 0 spiro atoms. The molecule has 1 aromatic carbocycles.